The zero-order valence-electron chi connectivity index (χ0n) is 40.7. The van der Waals surface area contributed by atoms with Crippen LogP contribution in [0.25, 0.3) is 0 Å². The van der Waals surface area contributed by atoms with Crippen LogP contribution in [0, 0.1) is 17.8 Å². The molecule has 1 saturated carbocycles. The Morgan fingerprint density at radius 3 is 2.15 bits per heavy atom. The van der Waals surface area contributed by atoms with Crippen molar-refractivity contribution in [1.82, 2.24) is 10.2 Å². The Hall–Kier alpha value is -5.17. The van der Waals surface area contributed by atoms with Crippen molar-refractivity contribution in [1.29, 1.82) is 0 Å². The molecule has 370 valence electrons. The lowest BCUT2D eigenvalue weighted by molar-refractivity contribution is -0.253. The van der Waals surface area contributed by atoms with Gasteiger partial charge in [-0.05, 0) is 78.8 Å². The largest absolute Gasteiger partial charge is 0.459 e. The van der Waals surface area contributed by atoms with E-state index >= 15 is 0 Å². The summed E-state index contributed by atoms with van der Waals surface area (Å²) in [6.07, 6.45) is 19.7. The third-order valence-corrected chi connectivity index (χ3v) is 13.9. The molecule has 1 fully saturated rings. The minimum atomic E-state index is -1.45. The van der Waals surface area contributed by atoms with Crippen molar-refractivity contribution < 1.29 is 43.6 Å². The van der Waals surface area contributed by atoms with Crippen LogP contribution in [0.2, 0.25) is 0 Å². The number of aliphatic hydroxyl groups excluding tert-OH is 2. The highest BCUT2D eigenvalue weighted by Gasteiger charge is 2.65. The first kappa shape index (κ1) is 52.2. The van der Waals surface area contributed by atoms with Crippen molar-refractivity contribution >= 4 is 17.9 Å². The second kappa shape index (κ2) is 27.7. The lowest BCUT2D eigenvalue weighted by Gasteiger charge is -2.59. The Morgan fingerprint density at radius 1 is 0.838 bits per heavy atom. The summed E-state index contributed by atoms with van der Waals surface area (Å²) < 4.78 is 26.2. The number of hydrogen-bond acceptors (Lipinski definition) is 10. The third-order valence-electron chi connectivity index (χ3n) is 13.9. The van der Waals surface area contributed by atoms with Crippen LogP contribution in [0.5, 0.6) is 11.5 Å². The van der Waals surface area contributed by atoms with E-state index in [2.05, 4.69) is 24.9 Å². The SMILES string of the molecule is C=CCO[C@@]12Oc3ccc(OC(=O)NCCCCCCCCCCCC)cc3[C@H]3[C@H](CCCCO)[C@@H](CCCCO)C=C(C(=NOCc4ccccc4)C[C@@H]1N(C)C(=O)OCc1ccccc1)[C@H]32. The number of aliphatic hydroxyl groups is 2. The summed E-state index contributed by atoms with van der Waals surface area (Å²) in [6, 6.07) is 24.2. The van der Waals surface area contributed by atoms with Gasteiger partial charge in [-0.3, -0.25) is 0 Å². The predicted octanol–water partition coefficient (Wildman–Crippen LogP) is 11.8. The minimum Gasteiger partial charge on any atom is -0.459 e. The van der Waals surface area contributed by atoms with Crippen LogP contribution in [0.1, 0.15) is 139 Å². The van der Waals surface area contributed by atoms with Crippen molar-refractivity contribution in [2.24, 2.45) is 22.9 Å². The Balaban J connectivity index is 1.35. The van der Waals surface area contributed by atoms with Gasteiger partial charge in [0.2, 0.25) is 5.79 Å². The zero-order chi connectivity index (χ0) is 48.0. The van der Waals surface area contributed by atoms with Crippen LogP contribution in [-0.2, 0) is 27.5 Å². The van der Waals surface area contributed by atoms with Crippen LogP contribution in [0.3, 0.4) is 0 Å². The van der Waals surface area contributed by atoms with Crippen LogP contribution >= 0.6 is 0 Å². The fourth-order valence-corrected chi connectivity index (χ4v) is 10.4. The lowest BCUT2D eigenvalue weighted by Crippen LogP contribution is -2.69. The maximum absolute atomic E-state index is 14.3. The van der Waals surface area contributed by atoms with E-state index in [1.54, 1.807) is 24.1 Å². The molecule has 6 atom stereocenters. The molecule has 0 radical (unpaired) electrons. The molecule has 3 N–H and O–H groups in total. The van der Waals surface area contributed by atoms with E-state index in [4.69, 9.17) is 28.9 Å². The van der Waals surface area contributed by atoms with Crippen LogP contribution in [0.4, 0.5) is 9.59 Å². The first-order valence-electron chi connectivity index (χ1n) is 25.5. The molecule has 0 bridgehead atoms. The van der Waals surface area contributed by atoms with Gasteiger partial charge in [0.05, 0.1) is 18.2 Å². The van der Waals surface area contributed by atoms with E-state index in [-0.39, 0.29) is 57.2 Å². The standard InChI is InChI=1S/C56H77N3O9/c1-4-6-7-8-9-10-11-12-13-22-33-57-54(62)67-45-31-32-50-48(38-45)52-46(30-21-24-35-61)44(29-20-23-34-60)37-47-49(58-66-41-43-27-18-15-19-28-43)39-51(56(68-50,53(47)52)65-36-5-2)59(3)55(63)64-40-42-25-16-14-17-26-42/h5,14-19,25-28,31-32,37-38,44,46,51-53,60-61H,2,4,6-13,20-24,29-30,33-36,39-41H2,1,3H3,(H,57,62)/t44-,46+,51-,52+,53+,56+/m0/s1. The number of nitrogens with one attached hydrogen (secondary N) is 1. The van der Waals surface area contributed by atoms with E-state index in [0.29, 0.717) is 36.6 Å². The van der Waals surface area contributed by atoms with Crippen molar-refractivity contribution in [2.75, 3.05) is 33.4 Å². The van der Waals surface area contributed by atoms with Crippen LogP contribution < -0.4 is 14.8 Å². The summed E-state index contributed by atoms with van der Waals surface area (Å²) in [5, 5.41) is 27.8. The molecule has 0 unspecified atom stereocenters. The molecule has 12 heteroatoms. The van der Waals surface area contributed by atoms with Gasteiger partial charge in [0.1, 0.15) is 30.8 Å². The van der Waals surface area contributed by atoms with E-state index in [1.807, 2.05) is 72.8 Å². The number of amides is 2. The molecule has 2 aliphatic carbocycles. The third kappa shape index (κ3) is 14.2. The average molecular weight is 936 g/mol. The van der Waals surface area contributed by atoms with Gasteiger partial charge in [0.25, 0.3) is 0 Å². The summed E-state index contributed by atoms with van der Waals surface area (Å²) in [5.41, 5.74) is 4.27. The van der Waals surface area contributed by atoms with E-state index < -0.39 is 29.9 Å². The number of ether oxygens (including phenoxy) is 4. The number of likely N-dealkylation sites (N-methyl/N-ethyl adjacent to an activating group) is 1. The fraction of sp³-hybridized carbons (Fsp3) is 0.554. The molecule has 0 saturated heterocycles. The molecular weight excluding hydrogens is 859 g/mol. The number of hydrogen-bond donors (Lipinski definition) is 3. The number of nitrogens with zero attached hydrogens (tertiary/aromatic N) is 2. The number of allylic oxidation sites excluding steroid dienone is 1. The summed E-state index contributed by atoms with van der Waals surface area (Å²) >= 11 is 0. The number of benzene rings is 3. The second-order valence-electron chi connectivity index (χ2n) is 18.7. The minimum absolute atomic E-state index is 0.00402. The maximum atomic E-state index is 14.3. The van der Waals surface area contributed by atoms with Crippen molar-refractivity contribution in [2.45, 2.75) is 147 Å². The Kier molecular flexibility index (Phi) is 21.3. The predicted molar refractivity (Wildman–Crippen MR) is 266 cm³/mol. The monoisotopic (exact) mass is 936 g/mol. The summed E-state index contributed by atoms with van der Waals surface area (Å²) in [4.78, 5) is 35.4. The number of carbonyl (C=O) groups excluding carboxylic acids is 2. The quantitative estimate of drug-likeness (QED) is 0.0351. The number of rotatable bonds is 29. The van der Waals surface area contributed by atoms with Gasteiger partial charge in [-0.1, -0.05) is 156 Å². The molecule has 3 aliphatic rings. The smallest absolute Gasteiger partial charge is 0.412 e. The molecule has 6 rings (SSSR count). The van der Waals surface area contributed by atoms with Crippen molar-refractivity contribution in [3.8, 4) is 11.5 Å². The number of oxime groups is 1. The van der Waals surface area contributed by atoms with Gasteiger partial charge in [-0.15, -0.1) is 6.58 Å². The molecule has 1 heterocycles. The summed E-state index contributed by atoms with van der Waals surface area (Å²) in [7, 11) is 1.71. The van der Waals surface area contributed by atoms with E-state index in [0.717, 1.165) is 67.2 Å². The van der Waals surface area contributed by atoms with Crippen LogP contribution in [0.15, 0.2) is 108 Å². The van der Waals surface area contributed by atoms with E-state index in [1.165, 1.54) is 44.9 Å². The van der Waals surface area contributed by atoms with E-state index in [9.17, 15) is 19.8 Å². The van der Waals surface area contributed by atoms with Gasteiger partial charge < -0.3 is 44.2 Å². The highest BCUT2D eigenvalue weighted by atomic mass is 16.7. The first-order valence-corrected chi connectivity index (χ1v) is 25.5. The molecule has 0 aromatic heterocycles. The topological polar surface area (TPSA) is 148 Å². The van der Waals surface area contributed by atoms with Gasteiger partial charge in [0.15, 0.2) is 0 Å². The van der Waals surface area contributed by atoms with Gasteiger partial charge in [-0.2, -0.15) is 0 Å². The maximum Gasteiger partial charge on any atom is 0.412 e. The number of unbranched alkanes of at least 4 members (excludes halogenated alkanes) is 11. The molecule has 0 spiro atoms. The summed E-state index contributed by atoms with van der Waals surface area (Å²) in [5.74, 6) is -1.25. The highest BCUT2D eigenvalue weighted by Crippen LogP contribution is 2.62. The molecule has 2 amide bonds. The lowest BCUT2D eigenvalue weighted by atomic mass is 9.55. The second-order valence-corrected chi connectivity index (χ2v) is 18.7. The Labute approximate surface area is 405 Å². The Bertz CT molecular complexity index is 2060. The molecule has 1 aliphatic heterocycles. The summed E-state index contributed by atoms with van der Waals surface area (Å²) in [6.45, 7) is 7.41. The van der Waals surface area contributed by atoms with Gasteiger partial charge >= 0.3 is 12.2 Å². The molecule has 3 aromatic rings. The molecular formula is C56H77N3O9. The van der Waals surface area contributed by atoms with Crippen LogP contribution in [-0.4, -0.2) is 78.3 Å². The Morgan fingerprint density at radius 2 is 1.49 bits per heavy atom. The fourth-order valence-electron chi connectivity index (χ4n) is 10.4. The molecule has 68 heavy (non-hydrogen) atoms. The first-order chi connectivity index (χ1) is 33.3. The zero-order valence-corrected chi connectivity index (χ0v) is 40.7. The molecule has 12 nitrogen and oxygen atoms in total. The molecule has 3 aromatic carbocycles. The number of carbonyl (C=O) groups is 2. The van der Waals surface area contributed by atoms with Gasteiger partial charge in [0, 0.05) is 44.7 Å². The normalized spacial score (nSPS) is 22.0. The average Bonchev–Trinajstić information content (AvgIpc) is 3.36. The van der Waals surface area contributed by atoms with Crippen molar-refractivity contribution in [3.05, 3.63) is 120 Å². The highest BCUT2D eigenvalue weighted by molar-refractivity contribution is 6.03. The van der Waals surface area contributed by atoms with Crippen molar-refractivity contribution in [3.63, 3.8) is 0 Å². The number of fused-ring (bicyclic) bond motifs is 2. The van der Waals surface area contributed by atoms with Gasteiger partial charge in [-0.25, -0.2) is 9.59 Å².